The Morgan fingerprint density at radius 1 is 1.37 bits per heavy atom. The van der Waals surface area contributed by atoms with Crippen LogP contribution in [-0.4, -0.2) is 19.7 Å². The lowest BCUT2D eigenvalue weighted by Crippen LogP contribution is -2.05. The number of anilines is 1. The van der Waals surface area contributed by atoms with Crippen molar-refractivity contribution in [2.45, 2.75) is 19.9 Å². The minimum absolute atomic E-state index is 0.218. The molecule has 0 spiro atoms. The molecule has 0 radical (unpaired) electrons. The molecule has 0 fully saturated rings. The van der Waals surface area contributed by atoms with Crippen LogP contribution >= 0.6 is 0 Å². The number of H-pyrrole nitrogens is 1. The SMILES string of the molecule is Cc1nc2ccc(NC(C)c3cnn(C)c3)cc2[nH]1. The van der Waals surface area contributed by atoms with Crippen LogP contribution < -0.4 is 5.32 Å². The number of nitrogens with one attached hydrogen (secondary N) is 2. The second-order valence-electron chi connectivity index (χ2n) is 4.87. The molecule has 19 heavy (non-hydrogen) atoms. The zero-order valence-electron chi connectivity index (χ0n) is 11.3. The normalized spacial score (nSPS) is 12.8. The van der Waals surface area contributed by atoms with Crippen molar-refractivity contribution in [2.24, 2.45) is 7.05 Å². The molecule has 0 aliphatic rings. The molecule has 2 N–H and O–H groups in total. The van der Waals surface area contributed by atoms with Crippen molar-refractivity contribution < 1.29 is 0 Å². The number of hydrogen-bond donors (Lipinski definition) is 2. The molecule has 0 saturated heterocycles. The van der Waals surface area contributed by atoms with Crippen LogP contribution in [0.15, 0.2) is 30.6 Å². The minimum atomic E-state index is 0.218. The summed E-state index contributed by atoms with van der Waals surface area (Å²) in [5.41, 5.74) is 4.30. The Kier molecular flexibility index (Phi) is 2.74. The van der Waals surface area contributed by atoms with Crippen molar-refractivity contribution in [3.05, 3.63) is 42.0 Å². The molecule has 1 atom stereocenters. The van der Waals surface area contributed by atoms with E-state index in [1.54, 1.807) is 0 Å². The summed E-state index contributed by atoms with van der Waals surface area (Å²) in [5, 5.41) is 7.66. The molecule has 98 valence electrons. The summed E-state index contributed by atoms with van der Waals surface area (Å²) in [5.74, 6) is 0.937. The average molecular weight is 255 g/mol. The highest BCUT2D eigenvalue weighted by Gasteiger charge is 2.08. The van der Waals surface area contributed by atoms with E-state index in [0.29, 0.717) is 0 Å². The number of nitrogens with zero attached hydrogens (tertiary/aromatic N) is 3. The van der Waals surface area contributed by atoms with Crippen molar-refractivity contribution >= 4 is 16.7 Å². The Morgan fingerprint density at radius 3 is 2.95 bits per heavy atom. The van der Waals surface area contributed by atoms with Gasteiger partial charge in [-0.05, 0) is 32.0 Å². The zero-order valence-corrected chi connectivity index (χ0v) is 11.3. The van der Waals surface area contributed by atoms with E-state index >= 15 is 0 Å². The molecule has 0 bridgehead atoms. The van der Waals surface area contributed by atoms with Crippen LogP contribution in [0.25, 0.3) is 11.0 Å². The second kappa shape index (κ2) is 4.42. The van der Waals surface area contributed by atoms with Crippen molar-refractivity contribution in [2.75, 3.05) is 5.32 Å². The first-order valence-corrected chi connectivity index (χ1v) is 6.33. The molecule has 1 aromatic carbocycles. The number of imidazole rings is 1. The van der Waals surface area contributed by atoms with Gasteiger partial charge in [-0.25, -0.2) is 4.98 Å². The molecule has 0 aliphatic heterocycles. The quantitative estimate of drug-likeness (QED) is 0.756. The highest BCUT2D eigenvalue weighted by molar-refractivity contribution is 5.79. The Morgan fingerprint density at radius 2 is 2.21 bits per heavy atom. The van der Waals surface area contributed by atoms with Crippen LogP contribution in [-0.2, 0) is 7.05 Å². The molecule has 3 rings (SSSR count). The second-order valence-corrected chi connectivity index (χ2v) is 4.87. The van der Waals surface area contributed by atoms with E-state index in [4.69, 9.17) is 0 Å². The third kappa shape index (κ3) is 2.31. The van der Waals surface area contributed by atoms with Gasteiger partial charge in [0.05, 0.1) is 23.3 Å². The largest absolute Gasteiger partial charge is 0.378 e. The van der Waals surface area contributed by atoms with Crippen LogP contribution in [0.4, 0.5) is 5.69 Å². The minimum Gasteiger partial charge on any atom is -0.378 e. The van der Waals surface area contributed by atoms with Crippen LogP contribution in [0.2, 0.25) is 0 Å². The number of aromatic amines is 1. The van der Waals surface area contributed by atoms with Crippen molar-refractivity contribution in [3.63, 3.8) is 0 Å². The third-order valence-electron chi connectivity index (χ3n) is 3.21. The fourth-order valence-corrected chi connectivity index (χ4v) is 2.22. The average Bonchev–Trinajstić information content (AvgIpc) is 2.93. The molecule has 5 heteroatoms. The van der Waals surface area contributed by atoms with Crippen LogP contribution in [0.5, 0.6) is 0 Å². The smallest absolute Gasteiger partial charge is 0.104 e. The van der Waals surface area contributed by atoms with Gasteiger partial charge in [0, 0.05) is 24.5 Å². The van der Waals surface area contributed by atoms with E-state index in [0.717, 1.165) is 22.5 Å². The van der Waals surface area contributed by atoms with E-state index in [1.165, 1.54) is 5.56 Å². The zero-order chi connectivity index (χ0) is 13.4. The molecule has 2 aromatic heterocycles. The van der Waals surface area contributed by atoms with E-state index < -0.39 is 0 Å². The van der Waals surface area contributed by atoms with Crippen LogP contribution in [0.3, 0.4) is 0 Å². The lowest BCUT2D eigenvalue weighted by atomic mass is 10.2. The first kappa shape index (κ1) is 11.8. The molecule has 0 saturated carbocycles. The van der Waals surface area contributed by atoms with Gasteiger partial charge in [0.15, 0.2) is 0 Å². The van der Waals surface area contributed by atoms with E-state index in [2.05, 4.69) is 39.4 Å². The van der Waals surface area contributed by atoms with Gasteiger partial charge in [-0.2, -0.15) is 5.10 Å². The Balaban J connectivity index is 1.84. The molecule has 0 amide bonds. The van der Waals surface area contributed by atoms with E-state index in [1.807, 2.05) is 37.1 Å². The van der Waals surface area contributed by atoms with Crippen LogP contribution in [0, 0.1) is 6.92 Å². The fourth-order valence-electron chi connectivity index (χ4n) is 2.22. The van der Waals surface area contributed by atoms with Gasteiger partial charge in [-0.15, -0.1) is 0 Å². The monoisotopic (exact) mass is 255 g/mol. The third-order valence-corrected chi connectivity index (χ3v) is 3.21. The Bertz CT molecular complexity index is 710. The maximum atomic E-state index is 4.40. The number of hydrogen-bond acceptors (Lipinski definition) is 3. The first-order chi connectivity index (χ1) is 9.11. The van der Waals surface area contributed by atoms with E-state index in [9.17, 15) is 0 Å². The summed E-state index contributed by atoms with van der Waals surface area (Å²) in [7, 11) is 1.93. The first-order valence-electron chi connectivity index (χ1n) is 6.33. The lowest BCUT2D eigenvalue weighted by Gasteiger charge is -2.13. The van der Waals surface area contributed by atoms with Gasteiger partial charge in [0.25, 0.3) is 0 Å². The fraction of sp³-hybridized carbons (Fsp3) is 0.286. The molecule has 3 aromatic rings. The summed E-state index contributed by atoms with van der Waals surface area (Å²) in [6.45, 7) is 4.09. The number of benzene rings is 1. The van der Waals surface area contributed by atoms with Crippen molar-refractivity contribution in [1.29, 1.82) is 0 Å². The topological polar surface area (TPSA) is 58.5 Å². The molecule has 2 heterocycles. The molecule has 0 aliphatic carbocycles. The molecular weight excluding hydrogens is 238 g/mol. The predicted molar refractivity (Wildman–Crippen MR) is 76.1 cm³/mol. The van der Waals surface area contributed by atoms with Gasteiger partial charge in [0.2, 0.25) is 0 Å². The number of rotatable bonds is 3. The lowest BCUT2D eigenvalue weighted by molar-refractivity contribution is 0.765. The Labute approximate surface area is 111 Å². The highest BCUT2D eigenvalue weighted by atomic mass is 15.2. The summed E-state index contributed by atoms with van der Waals surface area (Å²) in [4.78, 5) is 7.65. The number of fused-ring (bicyclic) bond motifs is 1. The van der Waals surface area contributed by atoms with E-state index in [-0.39, 0.29) is 6.04 Å². The highest BCUT2D eigenvalue weighted by Crippen LogP contribution is 2.22. The van der Waals surface area contributed by atoms with Gasteiger partial charge >= 0.3 is 0 Å². The van der Waals surface area contributed by atoms with Crippen molar-refractivity contribution in [3.8, 4) is 0 Å². The van der Waals surface area contributed by atoms with Crippen molar-refractivity contribution in [1.82, 2.24) is 19.7 Å². The Hall–Kier alpha value is -2.30. The maximum Gasteiger partial charge on any atom is 0.104 e. The molecule has 5 nitrogen and oxygen atoms in total. The van der Waals surface area contributed by atoms with Gasteiger partial charge in [-0.3, -0.25) is 4.68 Å². The van der Waals surface area contributed by atoms with Gasteiger partial charge in [-0.1, -0.05) is 0 Å². The summed E-state index contributed by atoms with van der Waals surface area (Å²) < 4.78 is 1.81. The standard InChI is InChI=1S/C14H17N5/c1-9(11-7-15-19(3)8-11)16-12-4-5-13-14(6-12)18-10(2)17-13/h4-9,16H,1-3H3,(H,17,18). The number of aromatic nitrogens is 4. The molecule has 1 unspecified atom stereocenters. The van der Waals surface area contributed by atoms with Gasteiger partial charge in [0.1, 0.15) is 5.82 Å². The summed E-state index contributed by atoms with van der Waals surface area (Å²) in [6, 6.07) is 6.38. The number of aryl methyl sites for hydroxylation is 2. The maximum absolute atomic E-state index is 4.40. The van der Waals surface area contributed by atoms with Gasteiger partial charge < -0.3 is 10.3 Å². The predicted octanol–water partition coefficient (Wildman–Crippen LogP) is 2.78. The summed E-state index contributed by atoms with van der Waals surface area (Å²) >= 11 is 0. The molecular formula is C14H17N5. The summed E-state index contributed by atoms with van der Waals surface area (Å²) in [6.07, 6.45) is 3.91. The van der Waals surface area contributed by atoms with Crippen LogP contribution in [0.1, 0.15) is 24.4 Å².